The molecule has 0 saturated carbocycles. The Hall–Kier alpha value is -1.10. The van der Waals surface area contributed by atoms with Crippen LogP contribution in [-0.2, 0) is 13.1 Å². The van der Waals surface area contributed by atoms with E-state index in [0.717, 1.165) is 24.6 Å². The van der Waals surface area contributed by atoms with Gasteiger partial charge in [0.1, 0.15) is 5.82 Å². The third kappa shape index (κ3) is 3.93. The third-order valence-corrected chi connectivity index (χ3v) is 4.02. The van der Waals surface area contributed by atoms with Crippen molar-refractivity contribution in [2.45, 2.75) is 20.0 Å². The van der Waals surface area contributed by atoms with Crippen LogP contribution in [0.1, 0.15) is 17.5 Å². The highest BCUT2D eigenvalue weighted by atomic mass is 35.5. The van der Waals surface area contributed by atoms with Crippen LogP contribution in [-0.4, -0.2) is 18.6 Å². The van der Waals surface area contributed by atoms with E-state index in [9.17, 15) is 0 Å². The van der Waals surface area contributed by atoms with Crippen LogP contribution in [0.3, 0.4) is 0 Å². The largest absolute Gasteiger partial charge is 0.355 e. The molecule has 0 saturated heterocycles. The van der Waals surface area contributed by atoms with Crippen molar-refractivity contribution >= 4 is 28.8 Å². The van der Waals surface area contributed by atoms with E-state index in [1.54, 1.807) is 11.3 Å². The van der Waals surface area contributed by atoms with Gasteiger partial charge in [0.05, 0.1) is 17.3 Å². The van der Waals surface area contributed by atoms with Gasteiger partial charge in [-0.15, -0.1) is 11.3 Å². The van der Waals surface area contributed by atoms with Crippen molar-refractivity contribution in [3.63, 3.8) is 0 Å². The minimum Gasteiger partial charge on any atom is -0.355 e. The zero-order valence-electron chi connectivity index (χ0n) is 11.2. The highest BCUT2D eigenvalue weighted by Crippen LogP contribution is 2.21. The summed E-state index contributed by atoms with van der Waals surface area (Å²) in [6.45, 7) is 4.55. The number of hydrogen-bond acceptors (Lipinski definition) is 4. The molecule has 1 N–H and O–H groups in total. The molecular formula is C14H18ClN3S. The number of rotatable bonds is 6. The van der Waals surface area contributed by atoms with Gasteiger partial charge in [0, 0.05) is 18.5 Å². The maximum absolute atomic E-state index is 6.16. The van der Waals surface area contributed by atoms with Crippen LogP contribution >= 0.6 is 22.9 Å². The summed E-state index contributed by atoms with van der Waals surface area (Å²) in [7, 11) is 2.05. The van der Waals surface area contributed by atoms with Crippen LogP contribution in [0.15, 0.2) is 29.6 Å². The highest BCUT2D eigenvalue weighted by Gasteiger charge is 2.08. The van der Waals surface area contributed by atoms with Gasteiger partial charge in [-0.05, 0) is 30.1 Å². The number of nitrogens with one attached hydrogen (secondary N) is 1. The highest BCUT2D eigenvalue weighted by molar-refractivity contribution is 7.09. The predicted molar refractivity (Wildman–Crippen MR) is 83.1 cm³/mol. The maximum atomic E-state index is 6.16. The average molecular weight is 296 g/mol. The van der Waals surface area contributed by atoms with Crippen molar-refractivity contribution in [2.24, 2.45) is 0 Å². The number of pyridine rings is 1. The van der Waals surface area contributed by atoms with E-state index in [1.807, 2.05) is 19.2 Å². The molecule has 0 atom stereocenters. The van der Waals surface area contributed by atoms with Crippen molar-refractivity contribution in [3.8, 4) is 0 Å². The Balaban J connectivity index is 2.10. The summed E-state index contributed by atoms with van der Waals surface area (Å²) in [5, 5.41) is 6.06. The SMILES string of the molecule is CCNCc1nc(N(C)Cc2cccs2)ccc1Cl. The van der Waals surface area contributed by atoms with Crippen molar-refractivity contribution in [3.05, 3.63) is 45.2 Å². The molecule has 0 fully saturated rings. The van der Waals surface area contributed by atoms with E-state index in [4.69, 9.17) is 11.6 Å². The van der Waals surface area contributed by atoms with Crippen LogP contribution in [0, 0.1) is 0 Å². The number of halogens is 1. The molecule has 0 bridgehead atoms. The van der Waals surface area contributed by atoms with Crippen molar-refractivity contribution in [1.82, 2.24) is 10.3 Å². The number of aromatic nitrogens is 1. The van der Waals surface area contributed by atoms with Gasteiger partial charge >= 0.3 is 0 Å². The number of thiophene rings is 1. The minimum absolute atomic E-state index is 0.704. The zero-order chi connectivity index (χ0) is 13.7. The molecule has 19 heavy (non-hydrogen) atoms. The van der Waals surface area contributed by atoms with Gasteiger partial charge in [-0.25, -0.2) is 4.98 Å². The minimum atomic E-state index is 0.704. The Labute approximate surface area is 123 Å². The number of nitrogens with zero attached hydrogens (tertiary/aromatic N) is 2. The first-order valence-corrected chi connectivity index (χ1v) is 7.56. The van der Waals surface area contributed by atoms with Crippen LogP contribution in [0.5, 0.6) is 0 Å². The molecule has 3 nitrogen and oxygen atoms in total. The molecule has 0 amide bonds. The summed E-state index contributed by atoms with van der Waals surface area (Å²) in [4.78, 5) is 8.09. The summed E-state index contributed by atoms with van der Waals surface area (Å²) in [6.07, 6.45) is 0. The summed E-state index contributed by atoms with van der Waals surface area (Å²) in [5.74, 6) is 0.950. The van der Waals surface area contributed by atoms with Crippen LogP contribution in [0.2, 0.25) is 5.02 Å². The molecule has 0 aliphatic heterocycles. The Kier molecular flexibility index (Phi) is 5.19. The van der Waals surface area contributed by atoms with Gasteiger partial charge in [-0.2, -0.15) is 0 Å². The molecule has 2 aromatic heterocycles. The fraction of sp³-hybridized carbons (Fsp3) is 0.357. The van der Waals surface area contributed by atoms with Crippen molar-refractivity contribution in [1.29, 1.82) is 0 Å². The standard InChI is InChI=1S/C14H18ClN3S/c1-3-16-9-13-12(15)6-7-14(17-13)18(2)10-11-5-4-8-19-11/h4-8,16H,3,9-10H2,1-2H3. The molecule has 0 aliphatic rings. The normalized spacial score (nSPS) is 10.7. The third-order valence-electron chi connectivity index (χ3n) is 2.81. The number of hydrogen-bond donors (Lipinski definition) is 1. The fourth-order valence-electron chi connectivity index (χ4n) is 1.77. The lowest BCUT2D eigenvalue weighted by atomic mass is 10.3. The lowest BCUT2D eigenvalue weighted by molar-refractivity contribution is 0.709. The van der Waals surface area contributed by atoms with E-state index in [2.05, 4.69) is 39.6 Å². The summed E-state index contributed by atoms with van der Waals surface area (Å²) < 4.78 is 0. The first-order valence-electron chi connectivity index (χ1n) is 6.30. The Bertz CT molecular complexity index is 513. The van der Waals surface area contributed by atoms with Crippen molar-refractivity contribution < 1.29 is 0 Å². The zero-order valence-corrected chi connectivity index (χ0v) is 12.8. The van der Waals surface area contributed by atoms with E-state index in [-0.39, 0.29) is 0 Å². The molecular weight excluding hydrogens is 278 g/mol. The maximum Gasteiger partial charge on any atom is 0.129 e. The van der Waals surface area contributed by atoms with Crippen LogP contribution in [0.4, 0.5) is 5.82 Å². The molecule has 0 aliphatic carbocycles. The second-order valence-electron chi connectivity index (χ2n) is 4.31. The smallest absolute Gasteiger partial charge is 0.129 e. The first-order chi connectivity index (χ1) is 9.20. The molecule has 102 valence electrons. The first kappa shape index (κ1) is 14.3. The molecule has 0 radical (unpaired) electrons. The van der Waals surface area contributed by atoms with Gasteiger partial charge in [0.2, 0.25) is 0 Å². The Morgan fingerprint density at radius 3 is 2.89 bits per heavy atom. The molecule has 5 heteroatoms. The fourth-order valence-corrected chi connectivity index (χ4v) is 2.70. The van der Waals surface area contributed by atoms with E-state index >= 15 is 0 Å². The van der Waals surface area contributed by atoms with Gasteiger partial charge in [0.25, 0.3) is 0 Å². The van der Waals surface area contributed by atoms with Gasteiger partial charge in [0.15, 0.2) is 0 Å². The van der Waals surface area contributed by atoms with Gasteiger partial charge < -0.3 is 10.2 Å². The van der Waals surface area contributed by atoms with Gasteiger partial charge in [-0.1, -0.05) is 24.6 Å². The van der Waals surface area contributed by atoms with E-state index in [1.165, 1.54) is 4.88 Å². The second kappa shape index (κ2) is 6.89. The summed E-state index contributed by atoms with van der Waals surface area (Å²) >= 11 is 7.92. The second-order valence-corrected chi connectivity index (χ2v) is 5.75. The lowest BCUT2D eigenvalue weighted by Crippen LogP contribution is -2.19. The summed E-state index contributed by atoms with van der Waals surface area (Å²) in [6, 6.07) is 8.09. The number of anilines is 1. The monoisotopic (exact) mass is 295 g/mol. The summed E-state index contributed by atoms with van der Waals surface area (Å²) in [5.41, 5.74) is 0.902. The molecule has 0 spiro atoms. The molecule has 2 heterocycles. The van der Waals surface area contributed by atoms with E-state index in [0.29, 0.717) is 11.6 Å². The molecule has 0 aromatic carbocycles. The predicted octanol–water partition coefficient (Wildman–Crippen LogP) is 3.54. The molecule has 0 unspecified atom stereocenters. The molecule has 2 rings (SSSR count). The van der Waals surface area contributed by atoms with Gasteiger partial charge in [-0.3, -0.25) is 0 Å². The van der Waals surface area contributed by atoms with E-state index < -0.39 is 0 Å². The average Bonchev–Trinajstić information content (AvgIpc) is 2.90. The van der Waals surface area contributed by atoms with Crippen molar-refractivity contribution in [2.75, 3.05) is 18.5 Å². The quantitative estimate of drug-likeness (QED) is 0.883. The Morgan fingerprint density at radius 1 is 1.37 bits per heavy atom. The molecule has 2 aromatic rings. The van der Waals surface area contributed by atoms with Crippen LogP contribution < -0.4 is 10.2 Å². The topological polar surface area (TPSA) is 28.2 Å². The lowest BCUT2D eigenvalue weighted by Gasteiger charge is -2.18. The van der Waals surface area contributed by atoms with Crippen LogP contribution in [0.25, 0.3) is 0 Å². The Morgan fingerprint density at radius 2 is 2.21 bits per heavy atom.